The van der Waals surface area contributed by atoms with Crippen LogP contribution in [0.1, 0.15) is 11.3 Å². The van der Waals surface area contributed by atoms with Gasteiger partial charge in [0.15, 0.2) is 0 Å². The van der Waals surface area contributed by atoms with Crippen LogP contribution in [0, 0.1) is 0 Å². The second-order valence-corrected chi connectivity index (χ2v) is 5.13. The van der Waals surface area contributed by atoms with Crippen LogP contribution in [0.3, 0.4) is 0 Å². The molecule has 6 nitrogen and oxygen atoms in total. The van der Waals surface area contributed by atoms with Crippen LogP contribution in [0.25, 0.3) is 11.0 Å². The van der Waals surface area contributed by atoms with Crippen LogP contribution in [0.2, 0.25) is 0 Å². The molecule has 0 atom stereocenters. The largest absolute Gasteiger partial charge is 0.248 e. The molecule has 22 heavy (non-hydrogen) atoms. The van der Waals surface area contributed by atoms with Gasteiger partial charge in [-0.1, -0.05) is 52.9 Å². The van der Waals surface area contributed by atoms with E-state index in [0.29, 0.717) is 13.1 Å². The lowest BCUT2D eigenvalue weighted by atomic mass is 10.2. The van der Waals surface area contributed by atoms with Crippen LogP contribution in [-0.4, -0.2) is 30.0 Å². The normalized spacial score (nSPS) is 11.1. The van der Waals surface area contributed by atoms with Gasteiger partial charge in [0.25, 0.3) is 0 Å². The Hall–Kier alpha value is -3.02. The molecule has 0 N–H and O–H groups in total. The number of rotatable bonds is 4. The van der Waals surface area contributed by atoms with Gasteiger partial charge in [-0.15, -0.1) is 10.2 Å². The fraction of sp³-hybridized carbons (Fsp3) is 0.125. The van der Waals surface area contributed by atoms with Crippen molar-refractivity contribution >= 4 is 11.0 Å². The maximum atomic E-state index is 4.22. The highest BCUT2D eigenvalue weighted by atomic mass is 15.5. The van der Waals surface area contributed by atoms with Crippen LogP contribution in [0.4, 0.5) is 0 Å². The van der Waals surface area contributed by atoms with Crippen molar-refractivity contribution in [3.05, 3.63) is 72.1 Å². The number of hydrogen-bond acceptors (Lipinski definition) is 4. The highest BCUT2D eigenvalue weighted by Crippen LogP contribution is 2.11. The average Bonchev–Trinajstić information content (AvgIpc) is 3.17. The Balaban J connectivity index is 1.54. The highest BCUT2D eigenvalue weighted by Gasteiger charge is 2.07. The van der Waals surface area contributed by atoms with Crippen LogP contribution in [-0.2, 0) is 13.1 Å². The molecule has 0 fully saturated rings. The number of hydrogen-bond donors (Lipinski definition) is 0. The number of benzene rings is 2. The first-order valence-electron chi connectivity index (χ1n) is 7.10. The summed E-state index contributed by atoms with van der Waals surface area (Å²) in [6.45, 7) is 1.28. The van der Waals surface area contributed by atoms with E-state index in [1.165, 1.54) is 5.56 Å². The lowest BCUT2D eigenvalue weighted by Gasteiger charge is -2.00. The molecule has 0 aliphatic heterocycles. The van der Waals surface area contributed by atoms with Gasteiger partial charge in [-0.25, -0.2) is 9.36 Å². The number of nitrogens with zero attached hydrogens (tertiary/aromatic N) is 6. The summed E-state index contributed by atoms with van der Waals surface area (Å²) in [5, 5.41) is 16.7. The van der Waals surface area contributed by atoms with Crippen molar-refractivity contribution < 1.29 is 0 Å². The Labute approximate surface area is 127 Å². The molecule has 2 heterocycles. The smallest absolute Gasteiger partial charge is 0.113 e. The summed E-state index contributed by atoms with van der Waals surface area (Å²) in [5.74, 6) is 0. The Bertz CT molecular complexity index is 893. The van der Waals surface area contributed by atoms with E-state index >= 15 is 0 Å². The van der Waals surface area contributed by atoms with Gasteiger partial charge in [-0.05, 0) is 17.7 Å². The SMILES string of the molecule is c1ccc(Cn2cc(Cn3nnc4ccccc43)nn2)cc1. The molecule has 0 aliphatic carbocycles. The molecule has 0 aliphatic rings. The molecular formula is C16H14N6. The van der Waals surface area contributed by atoms with Crippen LogP contribution in [0.15, 0.2) is 60.8 Å². The summed E-state index contributed by atoms with van der Waals surface area (Å²) in [5.41, 5.74) is 3.95. The second-order valence-electron chi connectivity index (χ2n) is 5.13. The van der Waals surface area contributed by atoms with Crippen molar-refractivity contribution in [2.24, 2.45) is 0 Å². The molecule has 4 aromatic rings. The monoisotopic (exact) mass is 290 g/mol. The van der Waals surface area contributed by atoms with Gasteiger partial charge in [0.1, 0.15) is 11.2 Å². The predicted molar refractivity (Wildman–Crippen MR) is 82.2 cm³/mol. The van der Waals surface area contributed by atoms with Crippen molar-refractivity contribution in [3.63, 3.8) is 0 Å². The van der Waals surface area contributed by atoms with Crippen LogP contribution < -0.4 is 0 Å². The van der Waals surface area contributed by atoms with Crippen molar-refractivity contribution in [1.82, 2.24) is 30.0 Å². The van der Waals surface area contributed by atoms with Gasteiger partial charge in [-0.3, -0.25) is 0 Å². The van der Waals surface area contributed by atoms with Gasteiger partial charge in [0.2, 0.25) is 0 Å². The second kappa shape index (κ2) is 5.40. The first kappa shape index (κ1) is 12.7. The number of para-hydroxylation sites is 1. The summed E-state index contributed by atoms with van der Waals surface area (Å²) in [4.78, 5) is 0. The summed E-state index contributed by atoms with van der Waals surface area (Å²) >= 11 is 0. The minimum atomic E-state index is 0.565. The Morgan fingerprint density at radius 1 is 0.773 bits per heavy atom. The first-order valence-corrected chi connectivity index (χ1v) is 7.10. The molecule has 0 unspecified atom stereocenters. The van der Waals surface area contributed by atoms with Crippen molar-refractivity contribution in [2.75, 3.05) is 0 Å². The average molecular weight is 290 g/mol. The molecule has 2 aromatic carbocycles. The Morgan fingerprint density at radius 2 is 1.59 bits per heavy atom. The van der Waals surface area contributed by atoms with Gasteiger partial charge < -0.3 is 0 Å². The van der Waals surface area contributed by atoms with Crippen LogP contribution in [0.5, 0.6) is 0 Å². The molecule has 4 rings (SSSR count). The zero-order valence-corrected chi connectivity index (χ0v) is 11.9. The van der Waals surface area contributed by atoms with E-state index in [4.69, 9.17) is 0 Å². The van der Waals surface area contributed by atoms with Gasteiger partial charge >= 0.3 is 0 Å². The van der Waals surface area contributed by atoms with Gasteiger partial charge in [-0.2, -0.15) is 0 Å². The lowest BCUT2D eigenvalue weighted by molar-refractivity contribution is 0.643. The minimum Gasteiger partial charge on any atom is -0.248 e. The molecule has 6 heteroatoms. The van der Waals surface area contributed by atoms with Crippen molar-refractivity contribution in [2.45, 2.75) is 13.1 Å². The topological polar surface area (TPSA) is 61.4 Å². The van der Waals surface area contributed by atoms with Gasteiger partial charge in [0, 0.05) is 0 Å². The summed E-state index contributed by atoms with van der Waals surface area (Å²) in [6, 6.07) is 18.1. The maximum absolute atomic E-state index is 4.22. The standard InChI is InChI=1S/C16H14N6/c1-2-6-13(7-3-1)10-21-11-14(17-19-21)12-22-16-9-5-4-8-15(16)18-20-22/h1-9,11H,10,12H2. The predicted octanol–water partition coefficient (Wildman–Crippen LogP) is 2.12. The lowest BCUT2D eigenvalue weighted by Crippen LogP contribution is -2.02. The third kappa shape index (κ3) is 2.46. The molecule has 0 amide bonds. The van der Waals surface area contributed by atoms with E-state index in [1.54, 1.807) is 0 Å². The summed E-state index contributed by atoms with van der Waals surface area (Å²) in [6.07, 6.45) is 1.95. The summed E-state index contributed by atoms with van der Waals surface area (Å²) < 4.78 is 3.68. The molecule has 0 radical (unpaired) electrons. The maximum Gasteiger partial charge on any atom is 0.113 e. The number of fused-ring (bicyclic) bond motifs is 1. The number of aromatic nitrogens is 6. The fourth-order valence-corrected chi connectivity index (χ4v) is 2.45. The zero-order chi connectivity index (χ0) is 14.8. The van der Waals surface area contributed by atoms with Crippen LogP contribution >= 0.6 is 0 Å². The first-order chi connectivity index (χ1) is 10.9. The van der Waals surface area contributed by atoms with E-state index in [2.05, 4.69) is 32.8 Å². The van der Waals surface area contributed by atoms with E-state index in [-0.39, 0.29) is 0 Å². The molecule has 0 saturated carbocycles. The molecule has 108 valence electrons. The summed E-state index contributed by atoms with van der Waals surface area (Å²) in [7, 11) is 0. The minimum absolute atomic E-state index is 0.565. The van der Waals surface area contributed by atoms with E-state index < -0.39 is 0 Å². The van der Waals surface area contributed by atoms with Crippen molar-refractivity contribution in [3.8, 4) is 0 Å². The van der Waals surface area contributed by atoms with Gasteiger partial charge in [0.05, 0.1) is 24.8 Å². The molecule has 0 bridgehead atoms. The third-order valence-corrected chi connectivity index (χ3v) is 3.51. The van der Waals surface area contributed by atoms with E-state index in [0.717, 1.165) is 16.7 Å². The Kier molecular flexibility index (Phi) is 3.12. The van der Waals surface area contributed by atoms with Crippen molar-refractivity contribution in [1.29, 1.82) is 0 Å². The fourth-order valence-electron chi connectivity index (χ4n) is 2.45. The highest BCUT2D eigenvalue weighted by molar-refractivity contribution is 5.73. The molecule has 2 aromatic heterocycles. The molecular weight excluding hydrogens is 276 g/mol. The Morgan fingerprint density at radius 3 is 2.50 bits per heavy atom. The van der Waals surface area contributed by atoms with E-state index in [9.17, 15) is 0 Å². The van der Waals surface area contributed by atoms with E-state index in [1.807, 2.05) is 58.0 Å². The third-order valence-electron chi connectivity index (χ3n) is 3.51. The molecule has 0 spiro atoms. The molecule has 0 saturated heterocycles. The quantitative estimate of drug-likeness (QED) is 0.577. The zero-order valence-electron chi connectivity index (χ0n) is 11.9.